The van der Waals surface area contributed by atoms with Crippen LogP contribution >= 0.6 is 11.6 Å². The summed E-state index contributed by atoms with van der Waals surface area (Å²) in [6.45, 7) is 3.48. The van der Waals surface area contributed by atoms with Gasteiger partial charge in [0.1, 0.15) is 0 Å². The second-order valence-corrected chi connectivity index (χ2v) is 5.41. The van der Waals surface area contributed by atoms with Crippen molar-refractivity contribution in [1.82, 2.24) is 5.32 Å². The molecule has 2 N–H and O–H groups in total. The molecule has 0 bridgehead atoms. The molecule has 0 saturated carbocycles. The van der Waals surface area contributed by atoms with Crippen molar-refractivity contribution in [2.75, 3.05) is 11.9 Å². The van der Waals surface area contributed by atoms with Crippen molar-refractivity contribution in [3.63, 3.8) is 0 Å². The molecule has 2 rings (SSSR count). The Morgan fingerprint density at radius 2 is 1.95 bits per heavy atom. The minimum atomic E-state index is -0.0194. The van der Waals surface area contributed by atoms with Crippen LogP contribution < -0.4 is 10.6 Å². The summed E-state index contributed by atoms with van der Waals surface area (Å²) in [5, 5.41) is 6.71. The quantitative estimate of drug-likeness (QED) is 0.798. The van der Waals surface area contributed by atoms with Crippen LogP contribution in [-0.2, 0) is 11.3 Å². The fourth-order valence-corrected chi connectivity index (χ4v) is 2.24. The van der Waals surface area contributed by atoms with Crippen LogP contribution in [0.5, 0.6) is 0 Å². The third kappa shape index (κ3) is 5.58. The number of rotatable bonds is 6. The molecule has 3 nitrogen and oxygen atoms in total. The van der Waals surface area contributed by atoms with E-state index < -0.39 is 0 Å². The lowest BCUT2D eigenvalue weighted by molar-refractivity contribution is -0.116. The SMILES string of the molecule is Cc1cccc(CNCCC(=O)Nc2cccc(Cl)c2)c1. The average Bonchev–Trinajstić information content (AvgIpc) is 2.44. The van der Waals surface area contributed by atoms with Gasteiger partial charge in [-0.25, -0.2) is 0 Å². The van der Waals surface area contributed by atoms with Crippen LogP contribution in [0.25, 0.3) is 0 Å². The number of amides is 1. The molecule has 0 aromatic heterocycles. The van der Waals surface area contributed by atoms with Crippen LogP contribution in [-0.4, -0.2) is 12.5 Å². The first-order valence-corrected chi connectivity index (χ1v) is 7.33. The first kappa shape index (κ1) is 15.5. The second kappa shape index (κ2) is 7.81. The summed E-state index contributed by atoms with van der Waals surface area (Å²) in [5.41, 5.74) is 3.20. The molecular formula is C17H19ClN2O. The molecule has 0 aliphatic carbocycles. The molecule has 0 unspecified atom stereocenters. The van der Waals surface area contributed by atoms with E-state index in [1.54, 1.807) is 12.1 Å². The van der Waals surface area contributed by atoms with Crippen LogP contribution in [0.3, 0.4) is 0 Å². The average molecular weight is 303 g/mol. The molecule has 0 radical (unpaired) electrons. The van der Waals surface area contributed by atoms with Gasteiger partial charge in [-0.2, -0.15) is 0 Å². The van der Waals surface area contributed by atoms with Crippen LogP contribution in [0, 0.1) is 6.92 Å². The molecule has 0 heterocycles. The molecule has 21 heavy (non-hydrogen) atoms. The summed E-state index contributed by atoms with van der Waals surface area (Å²) >= 11 is 5.87. The van der Waals surface area contributed by atoms with E-state index in [1.807, 2.05) is 18.2 Å². The Labute approximate surface area is 130 Å². The third-order valence-electron chi connectivity index (χ3n) is 3.05. The smallest absolute Gasteiger partial charge is 0.225 e. The third-order valence-corrected chi connectivity index (χ3v) is 3.28. The van der Waals surface area contributed by atoms with Crippen molar-refractivity contribution < 1.29 is 4.79 Å². The molecule has 2 aromatic carbocycles. The number of carbonyl (C=O) groups is 1. The topological polar surface area (TPSA) is 41.1 Å². The Morgan fingerprint density at radius 1 is 1.14 bits per heavy atom. The van der Waals surface area contributed by atoms with E-state index in [-0.39, 0.29) is 5.91 Å². The summed E-state index contributed by atoms with van der Waals surface area (Å²) in [6, 6.07) is 15.5. The molecule has 0 saturated heterocycles. The fraction of sp³-hybridized carbons (Fsp3) is 0.235. The Hall–Kier alpha value is -1.84. The summed E-state index contributed by atoms with van der Waals surface area (Å²) < 4.78 is 0. The maximum Gasteiger partial charge on any atom is 0.225 e. The molecule has 110 valence electrons. The van der Waals surface area contributed by atoms with Crippen molar-refractivity contribution in [3.8, 4) is 0 Å². The van der Waals surface area contributed by atoms with E-state index in [2.05, 4.69) is 35.8 Å². The number of hydrogen-bond acceptors (Lipinski definition) is 2. The summed E-state index contributed by atoms with van der Waals surface area (Å²) in [7, 11) is 0. The zero-order chi connectivity index (χ0) is 15.1. The van der Waals surface area contributed by atoms with Gasteiger partial charge < -0.3 is 10.6 Å². The number of hydrogen-bond donors (Lipinski definition) is 2. The van der Waals surface area contributed by atoms with Gasteiger partial charge >= 0.3 is 0 Å². The predicted molar refractivity (Wildman–Crippen MR) is 87.6 cm³/mol. The lowest BCUT2D eigenvalue weighted by Gasteiger charge is -2.07. The number of aryl methyl sites for hydroxylation is 1. The largest absolute Gasteiger partial charge is 0.326 e. The molecule has 4 heteroatoms. The van der Waals surface area contributed by atoms with Crippen LogP contribution in [0.4, 0.5) is 5.69 Å². The van der Waals surface area contributed by atoms with Crippen LogP contribution in [0.2, 0.25) is 5.02 Å². The Kier molecular flexibility index (Phi) is 5.78. The van der Waals surface area contributed by atoms with Crippen LogP contribution in [0.15, 0.2) is 48.5 Å². The number of anilines is 1. The van der Waals surface area contributed by atoms with Crippen molar-refractivity contribution in [3.05, 3.63) is 64.7 Å². The lowest BCUT2D eigenvalue weighted by Crippen LogP contribution is -2.21. The predicted octanol–water partition coefficient (Wildman–Crippen LogP) is 3.77. The van der Waals surface area contributed by atoms with Crippen molar-refractivity contribution in [2.24, 2.45) is 0 Å². The van der Waals surface area contributed by atoms with Gasteiger partial charge in [-0.3, -0.25) is 4.79 Å². The van der Waals surface area contributed by atoms with Crippen molar-refractivity contribution in [2.45, 2.75) is 19.9 Å². The van der Waals surface area contributed by atoms with E-state index in [4.69, 9.17) is 11.6 Å². The highest BCUT2D eigenvalue weighted by Crippen LogP contribution is 2.14. The van der Waals surface area contributed by atoms with E-state index in [1.165, 1.54) is 11.1 Å². The van der Waals surface area contributed by atoms with Gasteiger partial charge in [-0.15, -0.1) is 0 Å². The molecule has 0 atom stereocenters. The molecule has 0 aliphatic heterocycles. The Balaban J connectivity index is 1.70. The molecule has 0 spiro atoms. The van der Waals surface area contributed by atoms with Gasteiger partial charge in [0.2, 0.25) is 5.91 Å². The molecular weight excluding hydrogens is 284 g/mol. The number of carbonyl (C=O) groups excluding carboxylic acids is 1. The lowest BCUT2D eigenvalue weighted by atomic mass is 10.1. The minimum absolute atomic E-state index is 0.0194. The van der Waals surface area contributed by atoms with Gasteiger partial charge in [0.05, 0.1) is 0 Å². The van der Waals surface area contributed by atoms with Gasteiger partial charge in [-0.1, -0.05) is 47.5 Å². The monoisotopic (exact) mass is 302 g/mol. The molecule has 0 fully saturated rings. The first-order valence-electron chi connectivity index (χ1n) is 6.95. The Bertz CT molecular complexity index is 613. The van der Waals surface area contributed by atoms with Gasteiger partial charge in [0.15, 0.2) is 0 Å². The normalized spacial score (nSPS) is 10.4. The number of nitrogens with one attached hydrogen (secondary N) is 2. The van der Waals surface area contributed by atoms with Crippen molar-refractivity contribution >= 4 is 23.2 Å². The number of halogens is 1. The van der Waals surface area contributed by atoms with Gasteiger partial charge in [0.25, 0.3) is 0 Å². The van der Waals surface area contributed by atoms with Gasteiger partial charge in [-0.05, 0) is 30.7 Å². The fourth-order valence-electron chi connectivity index (χ4n) is 2.05. The molecule has 2 aromatic rings. The maximum atomic E-state index is 11.8. The molecule has 0 aliphatic rings. The van der Waals surface area contributed by atoms with Crippen LogP contribution in [0.1, 0.15) is 17.5 Å². The standard InChI is InChI=1S/C17H19ClN2O/c1-13-4-2-5-14(10-13)12-19-9-8-17(21)20-16-7-3-6-15(18)11-16/h2-7,10-11,19H,8-9,12H2,1H3,(H,20,21). The second-order valence-electron chi connectivity index (χ2n) is 4.97. The van der Waals surface area contributed by atoms with Gasteiger partial charge in [0, 0.05) is 30.2 Å². The summed E-state index contributed by atoms with van der Waals surface area (Å²) in [5.74, 6) is -0.0194. The van der Waals surface area contributed by atoms with Crippen molar-refractivity contribution in [1.29, 1.82) is 0 Å². The highest BCUT2D eigenvalue weighted by atomic mass is 35.5. The van der Waals surface area contributed by atoms with E-state index >= 15 is 0 Å². The minimum Gasteiger partial charge on any atom is -0.326 e. The highest BCUT2D eigenvalue weighted by Gasteiger charge is 2.02. The highest BCUT2D eigenvalue weighted by molar-refractivity contribution is 6.30. The zero-order valence-electron chi connectivity index (χ0n) is 12.0. The van der Waals surface area contributed by atoms with E-state index in [0.717, 1.165) is 12.2 Å². The first-order chi connectivity index (χ1) is 10.1. The zero-order valence-corrected chi connectivity index (χ0v) is 12.8. The van der Waals surface area contributed by atoms with E-state index in [0.29, 0.717) is 18.0 Å². The summed E-state index contributed by atoms with van der Waals surface area (Å²) in [4.78, 5) is 11.8. The summed E-state index contributed by atoms with van der Waals surface area (Å²) in [6.07, 6.45) is 0.429. The Morgan fingerprint density at radius 3 is 2.71 bits per heavy atom. The van der Waals surface area contributed by atoms with E-state index in [9.17, 15) is 4.79 Å². The number of benzene rings is 2. The maximum absolute atomic E-state index is 11.8. The molecule has 1 amide bonds.